The second-order valence-corrected chi connectivity index (χ2v) is 10.5. The Morgan fingerprint density at radius 2 is 1.97 bits per heavy atom. The van der Waals surface area contributed by atoms with Crippen molar-refractivity contribution in [1.29, 1.82) is 0 Å². The van der Waals surface area contributed by atoms with Gasteiger partial charge in [0.05, 0.1) is 11.4 Å². The fourth-order valence-corrected chi connectivity index (χ4v) is 5.77. The number of rotatable bonds is 7. The summed E-state index contributed by atoms with van der Waals surface area (Å²) in [6, 6.07) is 15.9. The third-order valence-corrected chi connectivity index (χ3v) is 8.00. The van der Waals surface area contributed by atoms with Crippen LogP contribution >= 0.6 is 11.3 Å². The van der Waals surface area contributed by atoms with Gasteiger partial charge in [0.1, 0.15) is 0 Å². The van der Waals surface area contributed by atoms with E-state index in [9.17, 15) is 9.59 Å². The molecule has 2 aromatic heterocycles. The molecule has 8 heteroatoms. The summed E-state index contributed by atoms with van der Waals surface area (Å²) in [7, 11) is 2.11. The van der Waals surface area contributed by atoms with E-state index in [0.29, 0.717) is 10.6 Å². The predicted molar refractivity (Wildman–Crippen MR) is 148 cm³/mol. The summed E-state index contributed by atoms with van der Waals surface area (Å²) in [5, 5.41) is 7.54. The van der Waals surface area contributed by atoms with Gasteiger partial charge in [-0.15, -0.1) is 11.3 Å². The van der Waals surface area contributed by atoms with Crippen molar-refractivity contribution < 1.29 is 9.59 Å². The van der Waals surface area contributed by atoms with Crippen LogP contribution < -0.4 is 11.1 Å². The summed E-state index contributed by atoms with van der Waals surface area (Å²) in [5.74, 6) is -0.472. The molecule has 0 radical (unpaired) electrons. The number of amides is 2. The molecule has 5 rings (SSSR count). The van der Waals surface area contributed by atoms with Crippen LogP contribution in [0.3, 0.4) is 0 Å². The molecule has 0 bridgehead atoms. The van der Waals surface area contributed by atoms with E-state index in [2.05, 4.69) is 41.3 Å². The lowest BCUT2D eigenvalue weighted by molar-refractivity contribution is 0.0915. The largest absolute Gasteiger partial charge is 0.366 e. The SMILES string of the molecule is CCC(c1cccc(-c2csc(C(=O)NC3CCN(C)CC3)n2)c1)c1nccc2cc(C(N)=O)ccc12. The van der Waals surface area contributed by atoms with Crippen molar-refractivity contribution in [3.05, 3.63) is 81.9 Å². The molecular formula is C29H31N5O2S. The van der Waals surface area contributed by atoms with Crippen molar-refractivity contribution >= 4 is 33.9 Å². The Balaban J connectivity index is 1.39. The van der Waals surface area contributed by atoms with E-state index in [1.165, 1.54) is 11.3 Å². The monoisotopic (exact) mass is 513 g/mol. The van der Waals surface area contributed by atoms with Crippen molar-refractivity contribution in [2.75, 3.05) is 20.1 Å². The molecule has 1 saturated heterocycles. The lowest BCUT2D eigenvalue weighted by Crippen LogP contribution is -2.43. The Kier molecular flexibility index (Phi) is 7.30. The van der Waals surface area contributed by atoms with Crippen LogP contribution in [-0.4, -0.2) is 52.9 Å². The van der Waals surface area contributed by atoms with E-state index < -0.39 is 5.91 Å². The molecule has 3 heterocycles. The number of nitrogens with zero attached hydrogens (tertiary/aromatic N) is 3. The summed E-state index contributed by atoms with van der Waals surface area (Å²) in [6.07, 6.45) is 4.57. The van der Waals surface area contributed by atoms with Crippen molar-refractivity contribution in [2.24, 2.45) is 5.73 Å². The molecular weight excluding hydrogens is 482 g/mol. The van der Waals surface area contributed by atoms with Gasteiger partial charge in [-0.1, -0.05) is 31.2 Å². The number of piperidine rings is 1. The zero-order chi connectivity index (χ0) is 25.9. The van der Waals surface area contributed by atoms with E-state index in [4.69, 9.17) is 10.7 Å². The highest BCUT2D eigenvalue weighted by Gasteiger charge is 2.22. The summed E-state index contributed by atoms with van der Waals surface area (Å²) >= 11 is 1.38. The molecule has 3 N–H and O–H groups in total. The first kappa shape index (κ1) is 25.0. The number of pyridine rings is 1. The topological polar surface area (TPSA) is 101 Å². The molecule has 0 spiro atoms. The number of hydrogen-bond acceptors (Lipinski definition) is 6. The van der Waals surface area contributed by atoms with E-state index >= 15 is 0 Å². The van der Waals surface area contributed by atoms with E-state index in [-0.39, 0.29) is 17.9 Å². The van der Waals surface area contributed by atoms with Gasteiger partial charge in [0.2, 0.25) is 5.91 Å². The smallest absolute Gasteiger partial charge is 0.280 e. The van der Waals surface area contributed by atoms with Crippen LogP contribution in [0.25, 0.3) is 22.0 Å². The Morgan fingerprint density at radius 3 is 2.73 bits per heavy atom. The molecule has 1 aliphatic rings. The summed E-state index contributed by atoms with van der Waals surface area (Å²) in [4.78, 5) is 36.2. The Morgan fingerprint density at radius 1 is 1.16 bits per heavy atom. The molecule has 4 aromatic rings. The van der Waals surface area contributed by atoms with Crippen LogP contribution in [-0.2, 0) is 0 Å². The van der Waals surface area contributed by atoms with Gasteiger partial charge < -0.3 is 16.0 Å². The number of likely N-dealkylation sites (tertiary alicyclic amines) is 1. The third kappa shape index (κ3) is 5.40. The molecule has 0 aliphatic carbocycles. The van der Waals surface area contributed by atoms with Gasteiger partial charge in [-0.2, -0.15) is 0 Å². The Bertz CT molecular complexity index is 1440. The molecule has 2 amide bonds. The van der Waals surface area contributed by atoms with Gasteiger partial charge >= 0.3 is 0 Å². The summed E-state index contributed by atoms with van der Waals surface area (Å²) in [5.41, 5.74) is 9.83. The van der Waals surface area contributed by atoms with Gasteiger partial charge in [0.25, 0.3) is 5.91 Å². The lowest BCUT2D eigenvalue weighted by atomic mass is 9.88. The third-order valence-electron chi connectivity index (χ3n) is 7.16. The first-order chi connectivity index (χ1) is 17.9. The maximum absolute atomic E-state index is 12.8. The number of primary amides is 1. The van der Waals surface area contributed by atoms with Crippen molar-refractivity contribution in [3.63, 3.8) is 0 Å². The highest BCUT2D eigenvalue weighted by Crippen LogP contribution is 2.34. The molecule has 7 nitrogen and oxygen atoms in total. The molecule has 1 atom stereocenters. The van der Waals surface area contributed by atoms with Crippen LogP contribution in [0.15, 0.2) is 60.1 Å². The number of hydrogen-bond donors (Lipinski definition) is 2. The zero-order valence-electron chi connectivity index (χ0n) is 21.1. The summed E-state index contributed by atoms with van der Waals surface area (Å²) < 4.78 is 0. The minimum atomic E-state index is -0.442. The molecule has 2 aromatic carbocycles. The maximum Gasteiger partial charge on any atom is 0.280 e. The molecule has 37 heavy (non-hydrogen) atoms. The number of aromatic nitrogens is 2. The van der Waals surface area contributed by atoms with Crippen LogP contribution in [0.2, 0.25) is 0 Å². The highest BCUT2D eigenvalue weighted by atomic mass is 32.1. The molecule has 0 saturated carbocycles. The quantitative estimate of drug-likeness (QED) is 0.369. The van der Waals surface area contributed by atoms with Crippen LogP contribution in [0, 0.1) is 0 Å². The Labute approximate surface area is 220 Å². The van der Waals surface area contributed by atoms with Gasteiger partial charge in [0.15, 0.2) is 5.01 Å². The van der Waals surface area contributed by atoms with Crippen LogP contribution in [0.1, 0.15) is 63.5 Å². The fourth-order valence-electron chi connectivity index (χ4n) is 5.04. The predicted octanol–water partition coefficient (Wildman–Crippen LogP) is 4.82. The Hall–Kier alpha value is -3.62. The number of fused-ring (bicyclic) bond motifs is 1. The van der Waals surface area contributed by atoms with E-state index in [0.717, 1.165) is 65.6 Å². The van der Waals surface area contributed by atoms with Gasteiger partial charge in [-0.05, 0) is 74.6 Å². The second kappa shape index (κ2) is 10.8. The number of benzene rings is 2. The van der Waals surface area contributed by atoms with E-state index in [1.54, 1.807) is 12.3 Å². The number of thiazole rings is 1. The van der Waals surface area contributed by atoms with Gasteiger partial charge in [-0.3, -0.25) is 14.6 Å². The van der Waals surface area contributed by atoms with Gasteiger partial charge in [0, 0.05) is 40.0 Å². The molecule has 1 unspecified atom stereocenters. The first-order valence-electron chi connectivity index (χ1n) is 12.7. The number of carbonyl (C=O) groups is 2. The van der Waals surface area contributed by atoms with Gasteiger partial charge in [-0.25, -0.2) is 4.98 Å². The highest BCUT2D eigenvalue weighted by molar-refractivity contribution is 7.12. The fraction of sp³-hybridized carbons (Fsp3) is 0.310. The number of nitrogens with two attached hydrogens (primary N) is 1. The maximum atomic E-state index is 12.8. The minimum Gasteiger partial charge on any atom is -0.366 e. The molecule has 1 aliphatic heterocycles. The summed E-state index contributed by atoms with van der Waals surface area (Å²) in [6.45, 7) is 4.14. The van der Waals surface area contributed by atoms with Crippen molar-refractivity contribution in [1.82, 2.24) is 20.2 Å². The first-order valence-corrected chi connectivity index (χ1v) is 13.5. The zero-order valence-corrected chi connectivity index (χ0v) is 21.9. The lowest BCUT2D eigenvalue weighted by Gasteiger charge is -2.29. The van der Waals surface area contributed by atoms with E-state index in [1.807, 2.05) is 35.7 Å². The van der Waals surface area contributed by atoms with Crippen molar-refractivity contribution in [2.45, 2.75) is 38.1 Å². The average molecular weight is 514 g/mol. The average Bonchev–Trinajstić information content (AvgIpc) is 3.41. The second-order valence-electron chi connectivity index (χ2n) is 9.67. The number of nitrogens with one attached hydrogen (secondary N) is 1. The van der Waals surface area contributed by atoms with Crippen molar-refractivity contribution in [3.8, 4) is 11.3 Å². The molecule has 1 fully saturated rings. The normalized spacial score (nSPS) is 15.5. The standard InChI is InChI=1S/C29H31N5O2S/c1-3-23(26-24-8-7-21(27(30)35)16-19(24)9-12-31-26)18-5-4-6-20(15-18)25-17-37-29(33-25)28(36)32-22-10-13-34(2)14-11-22/h4-9,12,15-17,22-23H,3,10-11,13-14H2,1-2H3,(H2,30,35)(H,32,36). The molecule has 190 valence electrons. The van der Waals surface area contributed by atoms with Crippen LogP contribution in [0.4, 0.5) is 0 Å². The number of carbonyl (C=O) groups excluding carboxylic acids is 2. The van der Waals surface area contributed by atoms with Crippen LogP contribution in [0.5, 0.6) is 0 Å². The minimum absolute atomic E-state index is 0.0638.